The van der Waals surface area contributed by atoms with E-state index in [1.54, 1.807) is 29.1 Å². The lowest BCUT2D eigenvalue weighted by Crippen LogP contribution is -2.34. The highest BCUT2D eigenvalue weighted by molar-refractivity contribution is 7.99. The van der Waals surface area contributed by atoms with E-state index >= 15 is 0 Å². The van der Waals surface area contributed by atoms with Crippen molar-refractivity contribution in [2.75, 3.05) is 12.9 Å². The third kappa shape index (κ3) is 4.66. The van der Waals surface area contributed by atoms with Crippen LogP contribution < -0.4 is 10.3 Å². The van der Waals surface area contributed by atoms with E-state index in [0.29, 0.717) is 24.3 Å². The van der Waals surface area contributed by atoms with Crippen LogP contribution in [0.2, 0.25) is 0 Å². The van der Waals surface area contributed by atoms with Crippen LogP contribution in [0.4, 0.5) is 0 Å². The van der Waals surface area contributed by atoms with Crippen molar-refractivity contribution in [2.24, 2.45) is 0 Å². The number of methoxy groups -OCH3 is 1. The summed E-state index contributed by atoms with van der Waals surface area (Å²) in [5.41, 5.74) is 2.27. The molecule has 5 rings (SSSR count). The van der Waals surface area contributed by atoms with Gasteiger partial charge < -0.3 is 9.64 Å². The lowest BCUT2D eigenvalue weighted by Gasteiger charge is -2.23. The van der Waals surface area contributed by atoms with Gasteiger partial charge in [-0.2, -0.15) is 0 Å². The lowest BCUT2D eigenvalue weighted by molar-refractivity contribution is -0.129. The molecular weight excluding hydrogens is 466 g/mol. The van der Waals surface area contributed by atoms with Crippen LogP contribution in [0.5, 0.6) is 5.75 Å². The van der Waals surface area contributed by atoms with E-state index in [4.69, 9.17) is 9.72 Å². The van der Waals surface area contributed by atoms with Gasteiger partial charge >= 0.3 is 0 Å². The summed E-state index contributed by atoms with van der Waals surface area (Å²) in [4.78, 5) is 35.6. The highest BCUT2D eigenvalue weighted by Gasteiger charge is 2.32. The minimum atomic E-state index is -0.00321. The normalized spacial score (nSPS) is 15.2. The molecule has 2 heterocycles. The minimum absolute atomic E-state index is 0.00321. The largest absolute Gasteiger partial charge is 0.497 e. The van der Waals surface area contributed by atoms with Gasteiger partial charge in [-0.05, 0) is 61.8 Å². The number of benzene rings is 1. The molecule has 2 aromatic heterocycles. The molecule has 1 amide bonds. The number of hydrogen-bond acceptors (Lipinski definition) is 6. The third-order valence-corrected chi connectivity index (χ3v) is 8.64. The number of aryl methyl sites for hydroxylation is 2. The molecule has 0 N–H and O–H groups in total. The van der Waals surface area contributed by atoms with Crippen LogP contribution in [0.1, 0.15) is 41.7 Å². The molecule has 6 nitrogen and oxygen atoms in total. The molecule has 178 valence electrons. The quantitative estimate of drug-likeness (QED) is 0.242. The number of allylic oxidation sites excluding steroid dienone is 1. The zero-order valence-corrected chi connectivity index (χ0v) is 21.1. The third-order valence-electron chi connectivity index (χ3n) is 6.50. The van der Waals surface area contributed by atoms with Gasteiger partial charge in [-0.3, -0.25) is 14.2 Å². The number of amides is 1. The number of aromatic nitrogens is 2. The maximum atomic E-state index is 13.4. The first-order valence-corrected chi connectivity index (χ1v) is 13.6. The molecule has 0 spiro atoms. The van der Waals surface area contributed by atoms with Crippen molar-refractivity contribution in [3.05, 3.63) is 63.3 Å². The Kier molecular flexibility index (Phi) is 6.79. The highest BCUT2D eigenvalue weighted by Crippen LogP contribution is 2.35. The number of rotatable bonds is 9. The number of thiophene rings is 1. The van der Waals surface area contributed by atoms with E-state index in [1.807, 2.05) is 29.2 Å². The van der Waals surface area contributed by atoms with Gasteiger partial charge in [-0.25, -0.2) is 4.98 Å². The van der Waals surface area contributed by atoms with E-state index in [2.05, 4.69) is 6.58 Å². The second-order valence-electron chi connectivity index (χ2n) is 8.88. The number of ether oxygens (including phenoxy) is 1. The smallest absolute Gasteiger partial charge is 0.263 e. The Hall–Kier alpha value is -2.58. The SMILES string of the molecule is C=CCn1c(SCC(=O)N(Cc2ccc(OC)cc2)C2CC2)nc2sc3c(c2c1=O)CCCC3. The lowest BCUT2D eigenvalue weighted by atomic mass is 9.97. The first-order chi connectivity index (χ1) is 16.6. The Morgan fingerprint density at radius 3 is 2.76 bits per heavy atom. The average Bonchev–Trinajstić information content (AvgIpc) is 3.63. The molecule has 0 aliphatic heterocycles. The van der Waals surface area contributed by atoms with Crippen LogP contribution in [0.15, 0.2) is 46.9 Å². The number of thioether (sulfide) groups is 1. The Balaban J connectivity index is 1.37. The Morgan fingerprint density at radius 2 is 2.06 bits per heavy atom. The molecule has 0 saturated heterocycles. The fraction of sp³-hybridized carbons (Fsp3) is 0.423. The van der Waals surface area contributed by atoms with Crippen molar-refractivity contribution < 1.29 is 9.53 Å². The first kappa shape index (κ1) is 23.2. The number of nitrogens with zero attached hydrogens (tertiary/aromatic N) is 3. The summed E-state index contributed by atoms with van der Waals surface area (Å²) >= 11 is 3.01. The van der Waals surface area contributed by atoms with Crippen molar-refractivity contribution in [1.29, 1.82) is 0 Å². The van der Waals surface area contributed by atoms with E-state index in [1.165, 1.54) is 28.6 Å². The second-order valence-corrected chi connectivity index (χ2v) is 10.9. The van der Waals surface area contributed by atoms with Crippen LogP contribution in [0.3, 0.4) is 0 Å². The molecule has 2 aliphatic rings. The molecule has 0 unspecified atom stereocenters. The van der Waals surface area contributed by atoms with Crippen LogP contribution >= 0.6 is 23.1 Å². The standard InChI is InChI=1S/C26H29N3O3S2/c1-3-14-28-25(31)23-20-6-4-5-7-21(20)34-24(23)27-26(28)33-16-22(30)29(18-10-11-18)15-17-8-12-19(32-2)13-9-17/h3,8-9,12-13,18H,1,4-7,10-11,14-16H2,2H3. The second kappa shape index (κ2) is 9.96. The number of carbonyl (C=O) groups is 1. The summed E-state index contributed by atoms with van der Waals surface area (Å²) in [5.74, 6) is 1.14. The van der Waals surface area contributed by atoms with E-state index in [9.17, 15) is 9.59 Å². The topological polar surface area (TPSA) is 64.4 Å². The summed E-state index contributed by atoms with van der Waals surface area (Å²) in [6, 6.07) is 8.15. The Bertz CT molecular complexity index is 1280. The van der Waals surface area contributed by atoms with Gasteiger partial charge in [0.25, 0.3) is 5.56 Å². The Morgan fingerprint density at radius 1 is 1.29 bits per heavy atom. The minimum Gasteiger partial charge on any atom is -0.497 e. The van der Waals surface area contributed by atoms with E-state index in [-0.39, 0.29) is 17.2 Å². The first-order valence-electron chi connectivity index (χ1n) is 11.8. The number of fused-ring (bicyclic) bond motifs is 3. The van der Waals surface area contributed by atoms with Crippen molar-refractivity contribution >= 4 is 39.2 Å². The summed E-state index contributed by atoms with van der Waals surface area (Å²) in [7, 11) is 1.65. The summed E-state index contributed by atoms with van der Waals surface area (Å²) in [5, 5.41) is 1.38. The van der Waals surface area contributed by atoms with Gasteiger partial charge in [0.2, 0.25) is 5.91 Å². The maximum Gasteiger partial charge on any atom is 0.263 e. The Labute approximate surface area is 207 Å². The van der Waals surface area contributed by atoms with Gasteiger partial charge in [-0.1, -0.05) is 30.0 Å². The predicted octanol–water partition coefficient (Wildman–Crippen LogP) is 4.81. The van der Waals surface area contributed by atoms with Crippen LogP contribution in [0, 0.1) is 0 Å². The summed E-state index contributed by atoms with van der Waals surface area (Å²) < 4.78 is 6.92. The predicted molar refractivity (Wildman–Crippen MR) is 138 cm³/mol. The van der Waals surface area contributed by atoms with Crippen molar-refractivity contribution in [2.45, 2.75) is 62.8 Å². The van der Waals surface area contributed by atoms with Gasteiger partial charge in [0, 0.05) is 24.0 Å². The molecule has 3 aromatic rings. The summed E-state index contributed by atoms with van der Waals surface area (Å²) in [6.07, 6.45) is 8.07. The molecule has 2 aliphatic carbocycles. The molecule has 0 atom stereocenters. The molecule has 34 heavy (non-hydrogen) atoms. The van der Waals surface area contributed by atoms with Crippen molar-refractivity contribution in [3.8, 4) is 5.75 Å². The molecule has 8 heteroatoms. The zero-order valence-electron chi connectivity index (χ0n) is 19.4. The summed E-state index contributed by atoms with van der Waals surface area (Å²) in [6.45, 7) is 4.80. The monoisotopic (exact) mass is 495 g/mol. The average molecular weight is 496 g/mol. The van der Waals surface area contributed by atoms with Gasteiger partial charge in [0.15, 0.2) is 5.16 Å². The molecule has 1 saturated carbocycles. The molecule has 1 aromatic carbocycles. The number of carbonyl (C=O) groups excluding carboxylic acids is 1. The van der Waals surface area contributed by atoms with Crippen molar-refractivity contribution in [3.63, 3.8) is 0 Å². The zero-order chi connectivity index (χ0) is 23.7. The van der Waals surface area contributed by atoms with E-state index in [0.717, 1.165) is 53.6 Å². The fourth-order valence-electron chi connectivity index (χ4n) is 4.56. The van der Waals surface area contributed by atoms with Gasteiger partial charge in [-0.15, -0.1) is 17.9 Å². The highest BCUT2D eigenvalue weighted by atomic mass is 32.2. The van der Waals surface area contributed by atoms with Gasteiger partial charge in [0.1, 0.15) is 10.6 Å². The van der Waals surface area contributed by atoms with Crippen LogP contribution in [0.25, 0.3) is 10.2 Å². The van der Waals surface area contributed by atoms with Crippen LogP contribution in [-0.2, 0) is 30.7 Å². The number of hydrogen-bond donors (Lipinski definition) is 0. The fourth-order valence-corrected chi connectivity index (χ4v) is 6.76. The van der Waals surface area contributed by atoms with E-state index < -0.39 is 0 Å². The molecule has 1 fully saturated rings. The van der Waals surface area contributed by atoms with Gasteiger partial charge in [0.05, 0.1) is 18.2 Å². The molecule has 0 bridgehead atoms. The van der Waals surface area contributed by atoms with Crippen molar-refractivity contribution in [1.82, 2.24) is 14.5 Å². The maximum absolute atomic E-state index is 13.4. The molecule has 0 radical (unpaired) electrons. The molecular formula is C26H29N3O3S2. The van der Waals surface area contributed by atoms with Crippen LogP contribution in [-0.4, -0.2) is 39.3 Å².